The first kappa shape index (κ1) is 33.6. The van der Waals surface area contributed by atoms with E-state index in [0.717, 1.165) is 17.1 Å². The maximum Gasteiger partial charge on any atom is 0.0540 e. The molecule has 0 fully saturated rings. The van der Waals surface area contributed by atoms with Crippen LogP contribution in [0.3, 0.4) is 0 Å². The van der Waals surface area contributed by atoms with Crippen molar-refractivity contribution in [3.63, 3.8) is 0 Å². The lowest BCUT2D eigenvalue weighted by atomic mass is 9.82. The number of nitrogens with zero attached hydrogens (tertiary/aromatic N) is 1. The molecule has 0 saturated carbocycles. The largest absolute Gasteiger partial charge is 0.310 e. The zero-order valence-electron chi connectivity index (χ0n) is 31.7. The van der Waals surface area contributed by atoms with E-state index >= 15 is 0 Å². The Morgan fingerprint density at radius 1 is 0.339 bits per heavy atom. The molecule has 0 spiro atoms. The predicted octanol–water partition coefficient (Wildman–Crippen LogP) is 15.3. The van der Waals surface area contributed by atoms with Crippen molar-refractivity contribution in [2.45, 2.75) is 19.3 Å². The first-order chi connectivity index (χ1) is 27.5. The van der Waals surface area contributed by atoms with Gasteiger partial charge in [0.05, 0.1) is 5.69 Å². The zero-order chi connectivity index (χ0) is 37.6. The van der Waals surface area contributed by atoms with E-state index in [9.17, 15) is 0 Å². The normalized spacial score (nSPS) is 12.6. The highest BCUT2D eigenvalue weighted by Crippen LogP contribution is 2.51. The second-order valence-corrected chi connectivity index (χ2v) is 15.3. The fourth-order valence-corrected chi connectivity index (χ4v) is 8.86. The Morgan fingerprint density at radius 2 is 0.857 bits per heavy atom. The van der Waals surface area contributed by atoms with Gasteiger partial charge in [0.1, 0.15) is 0 Å². The summed E-state index contributed by atoms with van der Waals surface area (Å²) in [4.78, 5) is 2.44. The van der Waals surface area contributed by atoms with Gasteiger partial charge in [0.15, 0.2) is 0 Å². The van der Waals surface area contributed by atoms with Crippen molar-refractivity contribution in [3.05, 3.63) is 223 Å². The van der Waals surface area contributed by atoms with E-state index in [0.29, 0.717) is 0 Å². The summed E-state index contributed by atoms with van der Waals surface area (Å²) in [7, 11) is 0. The second-order valence-electron chi connectivity index (χ2n) is 15.3. The number of benzene rings is 9. The van der Waals surface area contributed by atoms with Gasteiger partial charge in [-0.2, -0.15) is 0 Å². The van der Waals surface area contributed by atoms with Crippen LogP contribution >= 0.6 is 0 Å². The van der Waals surface area contributed by atoms with E-state index < -0.39 is 0 Å². The highest BCUT2D eigenvalue weighted by Gasteiger charge is 2.36. The summed E-state index contributed by atoms with van der Waals surface area (Å²) in [6.45, 7) is 4.71. The lowest BCUT2D eigenvalue weighted by Crippen LogP contribution is -2.16. The van der Waals surface area contributed by atoms with Crippen LogP contribution in [0.4, 0.5) is 17.1 Å². The fourth-order valence-electron chi connectivity index (χ4n) is 8.86. The Labute approximate surface area is 329 Å². The molecule has 0 unspecified atom stereocenters. The van der Waals surface area contributed by atoms with E-state index in [1.165, 1.54) is 77.5 Å². The average Bonchev–Trinajstić information content (AvgIpc) is 3.50. The van der Waals surface area contributed by atoms with E-state index in [1.807, 2.05) is 0 Å². The van der Waals surface area contributed by atoms with Crippen molar-refractivity contribution < 1.29 is 0 Å². The minimum absolute atomic E-state index is 0.109. The van der Waals surface area contributed by atoms with Gasteiger partial charge in [-0.1, -0.05) is 196 Å². The van der Waals surface area contributed by atoms with Gasteiger partial charge in [-0.25, -0.2) is 0 Å². The van der Waals surface area contributed by atoms with Crippen LogP contribution in [0.5, 0.6) is 0 Å². The molecule has 0 aliphatic heterocycles. The summed E-state index contributed by atoms with van der Waals surface area (Å²) in [6, 6.07) is 77.6. The topological polar surface area (TPSA) is 3.24 Å². The van der Waals surface area contributed by atoms with Gasteiger partial charge in [0.2, 0.25) is 0 Å². The van der Waals surface area contributed by atoms with Crippen LogP contribution < -0.4 is 4.90 Å². The van der Waals surface area contributed by atoms with Crippen molar-refractivity contribution in [2.75, 3.05) is 4.90 Å². The molecule has 0 radical (unpaired) electrons. The zero-order valence-corrected chi connectivity index (χ0v) is 31.7. The molecule has 0 bridgehead atoms. The van der Waals surface area contributed by atoms with Crippen LogP contribution in [-0.2, 0) is 5.41 Å². The quantitative estimate of drug-likeness (QED) is 0.159. The Kier molecular flexibility index (Phi) is 8.23. The monoisotopic (exact) mass is 715 g/mol. The molecule has 1 nitrogen and oxygen atoms in total. The molecular formula is C55H41N. The molecule has 9 aromatic carbocycles. The first-order valence-corrected chi connectivity index (χ1v) is 19.5. The SMILES string of the molecule is CC1(C)c2ccccc2-c2ccc(N(c3ccc(-c4ccc5ccccc5c4-c4ccc(-c5ccccc5)cc4)cc3)c3ccccc3-c3ccccc3)cc21. The molecule has 0 atom stereocenters. The Hall–Kier alpha value is -6.96. The Bertz CT molecular complexity index is 2850. The summed E-state index contributed by atoms with van der Waals surface area (Å²) >= 11 is 0. The molecule has 1 heteroatoms. The third-order valence-electron chi connectivity index (χ3n) is 11.7. The summed E-state index contributed by atoms with van der Waals surface area (Å²) < 4.78 is 0. The van der Waals surface area contributed by atoms with E-state index in [-0.39, 0.29) is 5.41 Å². The molecule has 9 aromatic rings. The van der Waals surface area contributed by atoms with Crippen molar-refractivity contribution in [3.8, 4) is 55.6 Å². The van der Waals surface area contributed by atoms with E-state index in [4.69, 9.17) is 0 Å². The van der Waals surface area contributed by atoms with Crippen LogP contribution in [0.15, 0.2) is 212 Å². The molecule has 56 heavy (non-hydrogen) atoms. The Balaban J connectivity index is 1.11. The third kappa shape index (κ3) is 5.72. The fraction of sp³-hybridized carbons (Fsp3) is 0.0545. The van der Waals surface area contributed by atoms with Gasteiger partial charge >= 0.3 is 0 Å². The van der Waals surface area contributed by atoms with Crippen LogP contribution in [0, 0.1) is 0 Å². The van der Waals surface area contributed by atoms with Crippen molar-refractivity contribution >= 4 is 27.8 Å². The Morgan fingerprint density at radius 3 is 1.62 bits per heavy atom. The molecule has 0 saturated heterocycles. The van der Waals surface area contributed by atoms with Crippen LogP contribution in [-0.4, -0.2) is 0 Å². The standard InChI is InChI=1S/C55H41N/c1-55(2)51-23-13-11-22-49(51)50-36-34-45(37-52(50)55)56(53-24-14-12-20-46(53)40-17-7-4-8-18-40)44-32-29-42(30-33-44)48-35-31-41-19-9-10-21-47(41)54(48)43-27-25-39(26-28-43)38-15-5-3-6-16-38/h3-37H,1-2H3. The number of hydrogen-bond donors (Lipinski definition) is 0. The summed E-state index contributed by atoms with van der Waals surface area (Å²) in [6.07, 6.45) is 0. The molecule has 10 rings (SSSR count). The smallest absolute Gasteiger partial charge is 0.0540 e. The predicted molar refractivity (Wildman–Crippen MR) is 238 cm³/mol. The summed E-state index contributed by atoms with van der Waals surface area (Å²) in [5.41, 5.74) is 18.4. The number of anilines is 3. The maximum absolute atomic E-state index is 2.44. The molecule has 1 aliphatic carbocycles. The van der Waals surface area contributed by atoms with Gasteiger partial charge in [-0.3, -0.25) is 0 Å². The molecule has 0 N–H and O–H groups in total. The van der Waals surface area contributed by atoms with Gasteiger partial charge < -0.3 is 4.90 Å². The van der Waals surface area contributed by atoms with Crippen molar-refractivity contribution in [1.29, 1.82) is 0 Å². The summed E-state index contributed by atoms with van der Waals surface area (Å²) in [5.74, 6) is 0. The van der Waals surface area contributed by atoms with Gasteiger partial charge in [0, 0.05) is 22.4 Å². The molecular weight excluding hydrogens is 675 g/mol. The molecule has 0 heterocycles. The van der Waals surface area contributed by atoms with Crippen molar-refractivity contribution in [2.24, 2.45) is 0 Å². The highest BCUT2D eigenvalue weighted by molar-refractivity contribution is 6.04. The molecule has 0 amide bonds. The van der Waals surface area contributed by atoms with E-state index in [1.54, 1.807) is 0 Å². The number of fused-ring (bicyclic) bond motifs is 4. The van der Waals surface area contributed by atoms with Gasteiger partial charge in [0.25, 0.3) is 0 Å². The third-order valence-corrected chi connectivity index (χ3v) is 11.7. The lowest BCUT2D eigenvalue weighted by Gasteiger charge is -2.30. The number of para-hydroxylation sites is 1. The van der Waals surface area contributed by atoms with E-state index in [2.05, 4.69) is 231 Å². The molecule has 1 aliphatic rings. The highest BCUT2D eigenvalue weighted by atomic mass is 15.1. The summed E-state index contributed by atoms with van der Waals surface area (Å²) in [5, 5.41) is 2.49. The maximum atomic E-state index is 2.44. The van der Waals surface area contributed by atoms with Crippen LogP contribution in [0.25, 0.3) is 66.4 Å². The molecule has 0 aromatic heterocycles. The number of hydrogen-bond acceptors (Lipinski definition) is 1. The average molecular weight is 716 g/mol. The van der Waals surface area contributed by atoms with Crippen LogP contribution in [0.1, 0.15) is 25.0 Å². The second kappa shape index (κ2) is 13.7. The number of rotatable bonds is 7. The lowest BCUT2D eigenvalue weighted by molar-refractivity contribution is 0.660. The first-order valence-electron chi connectivity index (χ1n) is 19.5. The van der Waals surface area contributed by atoms with Gasteiger partial charge in [-0.15, -0.1) is 0 Å². The van der Waals surface area contributed by atoms with Crippen LogP contribution in [0.2, 0.25) is 0 Å². The van der Waals surface area contributed by atoms with Crippen molar-refractivity contribution in [1.82, 2.24) is 0 Å². The van der Waals surface area contributed by atoms with Gasteiger partial charge in [-0.05, 0) is 102 Å². The minimum Gasteiger partial charge on any atom is -0.310 e. The minimum atomic E-state index is -0.109. The molecule has 266 valence electrons.